The standard InChI is InChI=1S/C22H18F2N4O3S2/c23-15-7-5-13(10-16(15)24)17-12-32-22(25-17)26-21(29)14-6-8-18-19(11-14)33(30,31)27-20-4-2-1-3-9-28(18)20/h5-8,10-12H,1-4,9H2,(H,25,26,29). The molecule has 2 aliphatic heterocycles. The van der Waals surface area contributed by atoms with Crippen molar-refractivity contribution in [2.24, 2.45) is 4.40 Å². The number of anilines is 2. The number of amides is 1. The molecule has 3 heterocycles. The van der Waals surface area contributed by atoms with E-state index >= 15 is 0 Å². The summed E-state index contributed by atoms with van der Waals surface area (Å²) in [6, 6.07) is 7.97. The van der Waals surface area contributed by atoms with Gasteiger partial charge < -0.3 is 4.90 Å². The number of halogens is 2. The molecular formula is C22H18F2N4O3S2. The monoisotopic (exact) mass is 488 g/mol. The van der Waals surface area contributed by atoms with Crippen LogP contribution < -0.4 is 10.2 Å². The zero-order chi connectivity index (χ0) is 23.2. The molecule has 1 amide bonds. The number of amidine groups is 1. The average molecular weight is 489 g/mol. The molecule has 1 fully saturated rings. The second-order valence-electron chi connectivity index (χ2n) is 7.75. The van der Waals surface area contributed by atoms with Gasteiger partial charge in [0.15, 0.2) is 16.8 Å². The van der Waals surface area contributed by atoms with E-state index in [4.69, 9.17) is 0 Å². The number of thiazole rings is 1. The predicted molar refractivity (Wildman–Crippen MR) is 122 cm³/mol. The summed E-state index contributed by atoms with van der Waals surface area (Å²) in [7, 11) is -3.91. The molecule has 2 aliphatic rings. The number of nitrogens with one attached hydrogen (secondary N) is 1. The van der Waals surface area contributed by atoms with E-state index < -0.39 is 27.6 Å². The van der Waals surface area contributed by atoms with Gasteiger partial charge in [-0.2, -0.15) is 8.42 Å². The van der Waals surface area contributed by atoms with E-state index in [1.807, 2.05) is 4.90 Å². The van der Waals surface area contributed by atoms with Gasteiger partial charge in [0.2, 0.25) is 0 Å². The number of fused-ring (bicyclic) bond motifs is 3. The lowest BCUT2D eigenvalue weighted by Crippen LogP contribution is -2.35. The van der Waals surface area contributed by atoms with Crippen LogP contribution in [0, 0.1) is 11.6 Å². The Labute approximate surface area is 192 Å². The maximum atomic E-state index is 13.5. The first-order chi connectivity index (χ1) is 15.8. The van der Waals surface area contributed by atoms with Crippen LogP contribution in [0.1, 0.15) is 36.0 Å². The number of hydrogen-bond acceptors (Lipinski definition) is 6. The Morgan fingerprint density at radius 3 is 2.73 bits per heavy atom. The average Bonchev–Trinajstić information content (AvgIpc) is 3.12. The van der Waals surface area contributed by atoms with Crippen LogP contribution in [0.2, 0.25) is 0 Å². The molecule has 1 saturated heterocycles. The third-order valence-corrected chi connectivity index (χ3v) is 7.64. The fourth-order valence-corrected chi connectivity index (χ4v) is 5.91. The summed E-state index contributed by atoms with van der Waals surface area (Å²) in [5, 5.41) is 4.48. The molecule has 5 rings (SSSR count). The number of rotatable bonds is 3. The van der Waals surface area contributed by atoms with Crippen molar-refractivity contribution < 1.29 is 22.0 Å². The molecule has 0 atom stereocenters. The number of carbonyl (C=O) groups excluding carboxylic acids is 1. The fraction of sp³-hybridized carbons (Fsp3) is 0.227. The van der Waals surface area contributed by atoms with E-state index in [0.717, 1.165) is 42.7 Å². The highest BCUT2D eigenvalue weighted by molar-refractivity contribution is 7.90. The summed E-state index contributed by atoms with van der Waals surface area (Å²) in [6.45, 7) is 0.679. The number of nitrogens with zero attached hydrogens (tertiary/aromatic N) is 3. The Morgan fingerprint density at radius 1 is 1.06 bits per heavy atom. The van der Waals surface area contributed by atoms with E-state index in [9.17, 15) is 22.0 Å². The van der Waals surface area contributed by atoms with Gasteiger partial charge in [-0.05, 0) is 49.2 Å². The summed E-state index contributed by atoms with van der Waals surface area (Å²) < 4.78 is 56.2. The summed E-state index contributed by atoms with van der Waals surface area (Å²) >= 11 is 1.12. The molecule has 33 heavy (non-hydrogen) atoms. The quantitative estimate of drug-likeness (QED) is 0.571. The van der Waals surface area contributed by atoms with Gasteiger partial charge in [-0.25, -0.2) is 13.8 Å². The molecule has 170 valence electrons. The predicted octanol–water partition coefficient (Wildman–Crippen LogP) is 4.82. The van der Waals surface area contributed by atoms with Gasteiger partial charge in [-0.15, -0.1) is 15.7 Å². The van der Waals surface area contributed by atoms with Crippen molar-refractivity contribution >= 4 is 43.9 Å². The second kappa shape index (κ2) is 8.31. The van der Waals surface area contributed by atoms with E-state index in [1.165, 1.54) is 12.1 Å². The Bertz CT molecular complexity index is 1400. The van der Waals surface area contributed by atoms with Gasteiger partial charge in [0, 0.05) is 29.5 Å². The first kappa shape index (κ1) is 21.7. The Kier molecular flexibility index (Phi) is 5.45. The molecule has 0 unspecified atom stereocenters. The summed E-state index contributed by atoms with van der Waals surface area (Å²) in [5.41, 5.74) is 1.44. The third-order valence-electron chi connectivity index (χ3n) is 5.55. The summed E-state index contributed by atoms with van der Waals surface area (Å²) in [5.74, 6) is -1.94. The number of sulfonamides is 1. The van der Waals surface area contributed by atoms with Crippen LogP contribution in [-0.4, -0.2) is 31.7 Å². The second-order valence-corrected chi connectivity index (χ2v) is 10.2. The highest BCUT2D eigenvalue weighted by atomic mass is 32.2. The smallest absolute Gasteiger partial charge is 0.286 e. The summed E-state index contributed by atoms with van der Waals surface area (Å²) in [6.07, 6.45) is 3.43. The number of benzene rings is 2. The van der Waals surface area contributed by atoms with Crippen molar-refractivity contribution in [2.45, 2.75) is 30.6 Å². The van der Waals surface area contributed by atoms with E-state index in [1.54, 1.807) is 17.5 Å². The van der Waals surface area contributed by atoms with Crippen molar-refractivity contribution in [2.75, 3.05) is 16.8 Å². The van der Waals surface area contributed by atoms with Crippen molar-refractivity contribution in [3.05, 3.63) is 59.0 Å². The van der Waals surface area contributed by atoms with Crippen molar-refractivity contribution in [3.63, 3.8) is 0 Å². The van der Waals surface area contributed by atoms with Gasteiger partial charge in [-0.1, -0.05) is 6.42 Å². The van der Waals surface area contributed by atoms with Crippen LogP contribution in [0.25, 0.3) is 11.3 Å². The van der Waals surface area contributed by atoms with Crippen molar-refractivity contribution in [3.8, 4) is 11.3 Å². The topological polar surface area (TPSA) is 91.7 Å². The third kappa shape index (κ3) is 4.13. The van der Waals surface area contributed by atoms with Crippen LogP contribution in [0.3, 0.4) is 0 Å². The van der Waals surface area contributed by atoms with E-state index in [2.05, 4.69) is 14.7 Å². The largest absolute Gasteiger partial charge is 0.328 e. The number of carbonyl (C=O) groups is 1. The molecule has 1 N–H and O–H groups in total. The van der Waals surface area contributed by atoms with Crippen LogP contribution in [0.15, 0.2) is 51.1 Å². The van der Waals surface area contributed by atoms with Crippen molar-refractivity contribution in [1.29, 1.82) is 0 Å². The first-order valence-electron chi connectivity index (χ1n) is 10.3. The Balaban J connectivity index is 1.40. The fourth-order valence-electron chi connectivity index (χ4n) is 3.91. The van der Waals surface area contributed by atoms with Crippen LogP contribution >= 0.6 is 11.3 Å². The lowest BCUT2D eigenvalue weighted by molar-refractivity contribution is 0.102. The maximum absolute atomic E-state index is 13.5. The highest BCUT2D eigenvalue weighted by Crippen LogP contribution is 2.35. The maximum Gasteiger partial charge on any atom is 0.286 e. The Hall–Kier alpha value is -3.18. The number of hydrogen-bond donors (Lipinski definition) is 1. The molecular weight excluding hydrogens is 470 g/mol. The zero-order valence-electron chi connectivity index (χ0n) is 17.2. The number of aromatic nitrogens is 1. The molecule has 0 aliphatic carbocycles. The molecule has 0 bridgehead atoms. The molecule has 0 radical (unpaired) electrons. The molecule has 0 saturated carbocycles. The minimum Gasteiger partial charge on any atom is -0.328 e. The zero-order valence-corrected chi connectivity index (χ0v) is 18.8. The first-order valence-corrected chi connectivity index (χ1v) is 12.6. The van der Waals surface area contributed by atoms with E-state index in [0.29, 0.717) is 35.7 Å². The Morgan fingerprint density at radius 2 is 1.91 bits per heavy atom. The van der Waals surface area contributed by atoms with Crippen molar-refractivity contribution in [1.82, 2.24) is 4.98 Å². The van der Waals surface area contributed by atoms with Crippen LogP contribution in [0.5, 0.6) is 0 Å². The normalized spacial score (nSPS) is 16.9. The lowest BCUT2D eigenvalue weighted by atomic mass is 10.1. The van der Waals surface area contributed by atoms with Gasteiger partial charge in [0.1, 0.15) is 10.7 Å². The molecule has 7 nitrogen and oxygen atoms in total. The van der Waals surface area contributed by atoms with Gasteiger partial charge in [-0.3, -0.25) is 10.1 Å². The van der Waals surface area contributed by atoms with E-state index in [-0.39, 0.29) is 15.6 Å². The van der Waals surface area contributed by atoms with Gasteiger partial charge in [0.05, 0.1) is 11.4 Å². The van der Waals surface area contributed by atoms with Crippen LogP contribution in [-0.2, 0) is 10.0 Å². The van der Waals surface area contributed by atoms with Crippen LogP contribution in [0.4, 0.5) is 19.6 Å². The lowest BCUT2D eigenvalue weighted by Gasteiger charge is -2.29. The molecule has 11 heteroatoms. The highest BCUT2D eigenvalue weighted by Gasteiger charge is 2.32. The summed E-state index contributed by atoms with van der Waals surface area (Å²) in [4.78, 5) is 19.0. The molecule has 2 aromatic carbocycles. The van der Waals surface area contributed by atoms with Gasteiger partial charge in [0.25, 0.3) is 15.9 Å². The van der Waals surface area contributed by atoms with Gasteiger partial charge >= 0.3 is 0 Å². The molecule has 3 aromatic rings. The minimum absolute atomic E-state index is 0.00224. The molecule has 1 aromatic heterocycles. The minimum atomic E-state index is -3.91. The SMILES string of the molecule is O=C(Nc1nc(-c2ccc(F)c(F)c2)cs1)c1ccc2c(c1)S(=O)(=O)N=C1CCCCCN12. The molecule has 0 spiro atoms.